The molecule has 1 aromatic carbocycles. The number of aromatic hydroxyl groups is 1. The minimum Gasteiger partial charge on any atom is -0.505 e. The number of fused-ring (bicyclic) bond motifs is 1. The molecule has 0 spiro atoms. The lowest BCUT2D eigenvalue weighted by Gasteiger charge is -2.08. The van der Waals surface area contributed by atoms with E-state index in [2.05, 4.69) is 10.3 Å². The quantitative estimate of drug-likeness (QED) is 0.687. The van der Waals surface area contributed by atoms with Crippen molar-refractivity contribution in [2.45, 2.75) is 6.54 Å². The van der Waals surface area contributed by atoms with Crippen LogP contribution in [-0.4, -0.2) is 16.0 Å². The van der Waals surface area contributed by atoms with Gasteiger partial charge in [-0.3, -0.25) is 9.59 Å². The van der Waals surface area contributed by atoms with E-state index in [0.29, 0.717) is 16.3 Å². The molecule has 3 aromatic rings. The van der Waals surface area contributed by atoms with Gasteiger partial charge in [-0.15, -0.1) is 11.3 Å². The number of pyridine rings is 1. The number of carbonyl (C=O) groups excluding carboxylic acids is 1. The van der Waals surface area contributed by atoms with Crippen molar-refractivity contribution in [3.05, 3.63) is 62.8 Å². The second-order valence-corrected chi connectivity index (χ2v) is 5.68. The van der Waals surface area contributed by atoms with Gasteiger partial charge >= 0.3 is 0 Å². The zero-order valence-corrected chi connectivity index (χ0v) is 12.3. The van der Waals surface area contributed by atoms with Crippen molar-refractivity contribution in [3.63, 3.8) is 0 Å². The van der Waals surface area contributed by atoms with E-state index in [0.717, 1.165) is 6.07 Å². The Morgan fingerprint density at radius 1 is 1.30 bits per heavy atom. The van der Waals surface area contributed by atoms with Crippen LogP contribution in [0.3, 0.4) is 0 Å². The van der Waals surface area contributed by atoms with Gasteiger partial charge in [0.1, 0.15) is 17.2 Å². The first-order valence-electron chi connectivity index (χ1n) is 6.52. The van der Waals surface area contributed by atoms with Gasteiger partial charge in [0.05, 0.1) is 10.2 Å². The highest BCUT2D eigenvalue weighted by molar-refractivity contribution is 7.17. The summed E-state index contributed by atoms with van der Waals surface area (Å²) in [6.07, 6.45) is 0. The Morgan fingerprint density at radius 3 is 2.83 bits per heavy atom. The molecule has 8 heteroatoms. The van der Waals surface area contributed by atoms with Crippen LogP contribution in [0.2, 0.25) is 0 Å². The normalized spacial score (nSPS) is 10.9. The second kappa shape index (κ2) is 5.81. The number of thiophene rings is 1. The van der Waals surface area contributed by atoms with E-state index in [1.54, 1.807) is 11.4 Å². The van der Waals surface area contributed by atoms with Crippen LogP contribution in [0, 0.1) is 11.6 Å². The second-order valence-electron chi connectivity index (χ2n) is 4.76. The van der Waals surface area contributed by atoms with E-state index in [1.807, 2.05) is 0 Å². The number of aromatic nitrogens is 1. The van der Waals surface area contributed by atoms with Crippen molar-refractivity contribution >= 4 is 27.5 Å². The molecule has 0 aliphatic heterocycles. The van der Waals surface area contributed by atoms with Crippen LogP contribution >= 0.6 is 11.3 Å². The predicted octanol–water partition coefficient (Wildman–Crippen LogP) is 2.50. The number of hydrogen-bond donors (Lipinski definition) is 3. The SMILES string of the molecule is O=C(NCc1ccc(F)cc1F)c1c(O)c2sccc2[nH]c1=O. The maximum atomic E-state index is 13.5. The third-order valence-electron chi connectivity index (χ3n) is 3.27. The molecule has 0 bridgehead atoms. The van der Waals surface area contributed by atoms with Crippen LogP contribution in [0.1, 0.15) is 15.9 Å². The molecule has 3 rings (SSSR count). The molecule has 1 amide bonds. The molecule has 0 saturated carbocycles. The minimum atomic E-state index is -0.845. The molecule has 0 fully saturated rings. The monoisotopic (exact) mass is 336 g/mol. The summed E-state index contributed by atoms with van der Waals surface area (Å²) in [6, 6.07) is 4.56. The van der Waals surface area contributed by atoms with E-state index < -0.39 is 34.4 Å². The summed E-state index contributed by atoms with van der Waals surface area (Å²) >= 11 is 1.17. The standard InChI is InChI=1S/C15H10F2N2O3S/c16-8-2-1-7(9(17)5-8)6-18-14(21)11-12(20)13-10(3-4-23-13)19-15(11)22/h1-5H,6H2,(H,18,21)(H2,19,20,22). The molecule has 0 atom stereocenters. The van der Waals surface area contributed by atoms with E-state index in [4.69, 9.17) is 0 Å². The van der Waals surface area contributed by atoms with Crippen LogP contribution < -0.4 is 10.9 Å². The van der Waals surface area contributed by atoms with Gasteiger partial charge in [0.15, 0.2) is 5.75 Å². The highest BCUT2D eigenvalue weighted by atomic mass is 32.1. The average Bonchev–Trinajstić information content (AvgIpc) is 2.94. The van der Waals surface area contributed by atoms with Crippen LogP contribution in [-0.2, 0) is 6.54 Å². The van der Waals surface area contributed by atoms with Gasteiger partial charge in [-0.25, -0.2) is 8.78 Å². The molecule has 118 valence electrons. The Hall–Kier alpha value is -2.74. The Bertz CT molecular complexity index is 965. The largest absolute Gasteiger partial charge is 0.505 e. The predicted molar refractivity (Wildman–Crippen MR) is 81.6 cm³/mol. The summed E-state index contributed by atoms with van der Waals surface area (Å²) in [7, 11) is 0. The average molecular weight is 336 g/mol. The van der Waals surface area contributed by atoms with Crippen LogP contribution in [0.4, 0.5) is 8.78 Å². The molecule has 23 heavy (non-hydrogen) atoms. The van der Waals surface area contributed by atoms with E-state index >= 15 is 0 Å². The number of hydrogen-bond acceptors (Lipinski definition) is 4. The van der Waals surface area contributed by atoms with Crippen LogP contribution in [0.25, 0.3) is 10.2 Å². The number of benzene rings is 1. The smallest absolute Gasteiger partial charge is 0.265 e. The molecular formula is C15H10F2N2O3S. The number of carbonyl (C=O) groups is 1. The highest BCUT2D eigenvalue weighted by Gasteiger charge is 2.20. The number of H-pyrrole nitrogens is 1. The van der Waals surface area contributed by atoms with Crippen molar-refractivity contribution in [2.24, 2.45) is 0 Å². The maximum absolute atomic E-state index is 13.5. The van der Waals surface area contributed by atoms with E-state index in [1.165, 1.54) is 17.4 Å². The van der Waals surface area contributed by atoms with Gasteiger partial charge in [-0.1, -0.05) is 6.07 Å². The molecule has 2 aromatic heterocycles. The van der Waals surface area contributed by atoms with Crippen molar-refractivity contribution in [1.29, 1.82) is 0 Å². The van der Waals surface area contributed by atoms with Gasteiger partial charge < -0.3 is 15.4 Å². The fourth-order valence-electron chi connectivity index (χ4n) is 2.14. The topological polar surface area (TPSA) is 82.2 Å². The Morgan fingerprint density at radius 2 is 2.09 bits per heavy atom. The molecule has 0 aliphatic rings. The van der Waals surface area contributed by atoms with Crippen molar-refractivity contribution in [1.82, 2.24) is 10.3 Å². The number of aromatic amines is 1. The summed E-state index contributed by atoms with van der Waals surface area (Å²) in [5.74, 6) is -2.80. The Labute approximate surface area is 132 Å². The third-order valence-corrected chi connectivity index (χ3v) is 4.20. The van der Waals surface area contributed by atoms with Crippen LogP contribution in [0.5, 0.6) is 5.75 Å². The number of rotatable bonds is 3. The molecule has 0 saturated heterocycles. The van der Waals surface area contributed by atoms with E-state index in [9.17, 15) is 23.5 Å². The van der Waals surface area contributed by atoms with Crippen LogP contribution in [0.15, 0.2) is 34.4 Å². The lowest BCUT2D eigenvalue weighted by atomic mass is 10.2. The summed E-state index contributed by atoms with van der Waals surface area (Å²) in [6.45, 7) is -0.244. The van der Waals surface area contributed by atoms with Gasteiger partial charge in [0.25, 0.3) is 11.5 Å². The summed E-state index contributed by atoms with van der Waals surface area (Å²) in [5.41, 5.74) is -0.695. The zero-order chi connectivity index (χ0) is 16.6. The number of nitrogens with one attached hydrogen (secondary N) is 2. The molecule has 0 unspecified atom stereocenters. The molecule has 5 nitrogen and oxygen atoms in total. The first-order valence-corrected chi connectivity index (χ1v) is 7.40. The third kappa shape index (κ3) is 2.80. The van der Waals surface area contributed by atoms with Gasteiger partial charge in [0.2, 0.25) is 0 Å². The van der Waals surface area contributed by atoms with E-state index in [-0.39, 0.29) is 12.1 Å². The number of halogens is 2. The molecule has 3 N–H and O–H groups in total. The molecule has 0 radical (unpaired) electrons. The molecular weight excluding hydrogens is 326 g/mol. The fourth-order valence-corrected chi connectivity index (χ4v) is 2.94. The summed E-state index contributed by atoms with van der Waals surface area (Å²) in [5, 5.41) is 14.1. The molecule has 2 heterocycles. The minimum absolute atomic E-state index is 0.0628. The zero-order valence-electron chi connectivity index (χ0n) is 11.5. The first kappa shape index (κ1) is 15.2. The Balaban J connectivity index is 1.87. The lowest BCUT2D eigenvalue weighted by molar-refractivity contribution is 0.0946. The van der Waals surface area contributed by atoms with Crippen molar-refractivity contribution in [2.75, 3.05) is 0 Å². The maximum Gasteiger partial charge on any atom is 0.265 e. The number of amides is 1. The van der Waals surface area contributed by atoms with Gasteiger partial charge in [-0.05, 0) is 17.5 Å². The first-order chi connectivity index (χ1) is 11.0. The summed E-state index contributed by atoms with van der Waals surface area (Å²) < 4.78 is 26.7. The highest BCUT2D eigenvalue weighted by Crippen LogP contribution is 2.29. The lowest BCUT2D eigenvalue weighted by Crippen LogP contribution is -2.29. The Kier molecular flexibility index (Phi) is 3.83. The van der Waals surface area contributed by atoms with Crippen molar-refractivity contribution in [3.8, 4) is 5.75 Å². The fraction of sp³-hybridized carbons (Fsp3) is 0.0667. The summed E-state index contributed by atoms with van der Waals surface area (Å²) in [4.78, 5) is 26.5. The molecule has 0 aliphatic carbocycles. The van der Waals surface area contributed by atoms with Crippen molar-refractivity contribution < 1.29 is 18.7 Å². The van der Waals surface area contributed by atoms with Gasteiger partial charge in [-0.2, -0.15) is 0 Å². The van der Waals surface area contributed by atoms with Gasteiger partial charge in [0, 0.05) is 18.2 Å².